The first kappa shape index (κ1) is 22.5. The van der Waals surface area contributed by atoms with Crippen molar-refractivity contribution in [3.8, 4) is 0 Å². The van der Waals surface area contributed by atoms with Crippen LogP contribution in [0.1, 0.15) is 24.0 Å². The smallest absolute Gasteiger partial charge is 0.282 e. The third kappa shape index (κ3) is 4.89. The molecule has 0 aliphatic carbocycles. The van der Waals surface area contributed by atoms with E-state index in [2.05, 4.69) is 36.9 Å². The van der Waals surface area contributed by atoms with E-state index in [0.29, 0.717) is 45.9 Å². The molecule has 0 N–H and O–H groups in total. The molecule has 3 heterocycles. The molecule has 0 saturated carbocycles. The number of amides is 1. The Morgan fingerprint density at radius 1 is 0.968 bits per heavy atom. The second kappa shape index (κ2) is 9.44. The SMILES string of the molecule is Cc1ccc(C)c(N2CCN(C(=O)[C@H]3CCCN(S(=O)(=O)N4CCOCC4)C3)CC2)c1. The van der Waals surface area contributed by atoms with Crippen LogP contribution in [-0.2, 0) is 19.7 Å². The third-order valence-electron chi connectivity index (χ3n) is 6.65. The number of hydrogen-bond acceptors (Lipinski definition) is 5. The lowest BCUT2D eigenvalue weighted by Crippen LogP contribution is -2.55. The summed E-state index contributed by atoms with van der Waals surface area (Å²) >= 11 is 0. The molecule has 0 aromatic heterocycles. The number of aryl methyl sites for hydroxylation is 2. The Morgan fingerprint density at radius 3 is 2.39 bits per heavy atom. The van der Waals surface area contributed by atoms with Crippen molar-refractivity contribution in [3.05, 3.63) is 29.3 Å². The van der Waals surface area contributed by atoms with Crippen molar-refractivity contribution in [1.82, 2.24) is 13.5 Å². The maximum absolute atomic E-state index is 13.2. The Hall–Kier alpha value is -1.68. The largest absolute Gasteiger partial charge is 0.379 e. The van der Waals surface area contributed by atoms with Gasteiger partial charge in [-0.25, -0.2) is 0 Å². The summed E-state index contributed by atoms with van der Waals surface area (Å²) < 4.78 is 34.3. The van der Waals surface area contributed by atoms with Gasteiger partial charge in [0.25, 0.3) is 10.2 Å². The van der Waals surface area contributed by atoms with Gasteiger partial charge in [0.2, 0.25) is 5.91 Å². The number of carbonyl (C=O) groups is 1. The highest BCUT2D eigenvalue weighted by atomic mass is 32.2. The number of ether oxygens (including phenoxy) is 1. The fraction of sp³-hybridized carbons (Fsp3) is 0.682. The normalized spacial score (nSPS) is 24.4. The van der Waals surface area contributed by atoms with Gasteiger partial charge in [0, 0.05) is 58.0 Å². The molecule has 0 radical (unpaired) electrons. The Kier molecular flexibility index (Phi) is 6.86. The van der Waals surface area contributed by atoms with Gasteiger partial charge in [-0.3, -0.25) is 4.79 Å². The molecular weight excluding hydrogens is 416 g/mol. The van der Waals surface area contributed by atoms with E-state index in [1.54, 1.807) is 0 Å². The van der Waals surface area contributed by atoms with Gasteiger partial charge in [0.1, 0.15) is 0 Å². The van der Waals surface area contributed by atoms with Gasteiger partial charge >= 0.3 is 0 Å². The summed E-state index contributed by atoms with van der Waals surface area (Å²) in [4.78, 5) is 17.5. The van der Waals surface area contributed by atoms with Crippen molar-refractivity contribution < 1.29 is 17.9 Å². The van der Waals surface area contributed by atoms with Gasteiger partial charge in [0.05, 0.1) is 19.1 Å². The summed E-state index contributed by atoms with van der Waals surface area (Å²) in [7, 11) is -3.53. The first-order chi connectivity index (χ1) is 14.9. The molecular formula is C22H34N4O4S. The summed E-state index contributed by atoms with van der Waals surface area (Å²) in [6, 6.07) is 6.48. The number of anilines is 1. The maximum Gasteiger partial charge on any atom is 0.282 e. The molecule has 3 aliphatic heterocycles. The Balaban J connectivity index is 1.36. The highest BCUT2D eigenvalue weighted by molar-refractivity contribution is 7.86. The molecule has 8 nitrogen and oxygen atoms in total. The number of carbonyl (C=O) groups excluding carboxylic acids is 1. The van der Waals surface area contributed by atoms with E-state index in [-0.39, 0.29) is 18.4 Å². The van der Waals surface area contributed by atoms with Crippen LogP contribution in [0.5, 0.6) is 0 Å². The minimum atomic E-state index is -3.53. The number of morpholine rings is 1. The van der Waals surface area contributed by atoms with Crippen molar-refractivity contribution in [1.29, 1.82) is 0 Å². The number of benzene rings is 1. The minimum absolute atomic E-state index is 0.0995. The van der Waals surface area contributed by atoms with Gasteiger partial charge in [-0.2, -0.15) is 17.0 Å². The highest BCUT2D eigenvalue weighted by Gasteiger charge is 2.38. The molecule has 9 heteroatoms. The van der Waals surface area contributed by atoms with Crippen LogP contribution in [0.2, 0.25) is 0 Å². The van der Waals surface area contributed by atoms with Crippen LogP contribution in [0, 0.1) is 19.8 Å². The van der Waals surface area contributed by atoms with Gasteiger partial charge < -0.3 is 14.5 Å². The molecule has 1 aromatic carbocycles. The van der Waals surface area contributed by atoms with E-state index in [1.165, 1.54) is 25.4 Å². The molecule has 172 valence electrons. The summed E-state index contributed by atoms with van der Waals surface area (Å²) in [5.74, 6) is -0.153. The van der Waals surface area contributed by atoms with Crippen LogP contribution in [0.25, 0.3) is 0 Å². The molecule has 31 heavy (non-hydrogen) atoms. The van der Waals surface area contributed by atoms with E-state index in [1.807, 2.05) is 4.90 Å². The quantitative estimate of drug-likeness (QED) is 0.690. The Morgan fingerprint density at radius 2 is 1.68 bits per heavy atom. The van der Waals surface area contributed by atoms with Gasteiger partial charge in [-0.1, -0.05) is 12.1 Å². The summed E-state index contributed by atoms with van der Waals surface area (Å²) in [6.45, 7) is 9.60. The Labute approximate surface area is 185 Å². The molecule has 4 rings (SSSR count). The van der Waals surface area contributed by atoms with Crippen molar-refractivity contribution >= 4 is 21.8 Å². The van der Waals surface area contributed by atoms with E-state index in [9.17, 15) is 13.2 Å². The Bertz CT molecular complexity index is 893. The average molecular weight is 451 g/mol. The molecule has 1 aromatic rings. The monoisotopic (exact) mass is 450 g/mol. The summed E-state index contributed by atoms with van der Waals surface area (Å²) in [5, 5.41) is 0. The molecule has 3 saturated heterocycles. The highest BCUT2D eigenvalue weighted by Crippen LogP contribution is 2.26. The second-order valence-corrected chi connectivity index (χ2v) is 10.7. The zero-order valence-corrected chi connectivity index (χ0v) is 19.4. The number of rotatable bonds is 4. The van der Waals surface area contributed by atoms with Crippen LogP contribution >= 0.6 is 0 Å². The first-order valence-corrected chi connectivity index (χ1v) is 12.7. The third-order valence-corrected chi connectivity index (χ3v) is 8.65. The molecule has 0 spiro atoms. The molecule has 0 bridgehead atoms. The molecule has 3 fully saturated rings. The lowest BCUT2D eigenvalue weighted by molar-refractivity contribution is -0.137. The van der Waals surface area contributed by atoms with Gasteiger partial charge in [0.15, 0.2) is 0 Å². The van der Waals surface area contributed by atoms with Crippen LogP contribution < -0.4 is 4.90 Å². The van der Waals surface area contributed by atoms with Crippen LogP contribution in [-0.4, -0.2) is 93.4 Å². The molecule has 1 amide bonds. The lowest BCUT2D eigenvalue weighted by Gasteiger charge is -2.40. The van der Waals surface area contributed by atoms with E-state index in [0.717, 1.165) is 25.9 Å². The second-order valence-electron chi connectivity index (χ2n) is 8.82. The van der Waals surface area contributed by atoms with Crippen LogP contribution in [0.15, 0.2) is 18.2 Å². The van der Waals surface area contributed by atoms with Crippen LogP contribution in [0.4, 0.5) is 5.69 Å². The van der Waals surface area contributed by atoms with Crippen molar-refractivity contribution in [3.63, 3.8) is 0 Å². The molecule has 0 unspecified atom stereocenters. The van der Waals surface area contributed by atoms with Crippen LogP contribution in [0.3, 0.4) is 0 Å². The van der Waals surface area contributed by atoms with Crippen molar-refractivity contribution in [2.24, 2.45) is 5.92 Å². The topological polar surface area (TPSA) is 73.4 Å². The number of piperidine rings is 1. The minimum Gasteiger partial charge on any atom is -0.379 e. The number of nitrogens with zero attached hydrogens (tertiary/aromatic N) is 4. The fourth-order valence-corrected chi connectivity index (χ4v) is 6.45. The van der Waals surface area contributed by atoms with E-state index in [4.69, 9.17) is 4.74 Å². The predicted molar refractivity (Wildman–Crippen MR) is 120 cm³/mol. The van der Waals surface area contributed by atoms with Gasteiger partial charge in [-0.05, 0) is 43.9 Å². The number of piperazine rings is 1. The predicted octanol–water partition coefficient (Wildman–Crippen LogP) is 1.24. The zero-order chi connectivity index (χ0) is 22.0. The lowest BCUT2D eigenvalue weighted by atomic mass is 9.97. The van der Waals surface area contributed by atoms with Crippen molar-refractivity contribution in [2.45, 2.75) is 26.7 Å². The van der Waals surface area contributed by atoms with Crippen molar-refractivity contribution in [2.75, 3.05) is 70.5 Å². The molecule has 1 atom stereocenters. The average Bonchev–Trinajstić information content (AvgIpc) is 2.81. The molecule has 3 aliphatic rings. The van der Waals surface area contributed by atoms with Gasteiger partial charge in [-0.15, -0.1) is 0 Å². The van der Waals surface area contributed by atoms with E-state index >= 15 is 0 Å². The summed E-state index contributed by atoms with van der Waals surface area (Å²) in [6.07, 6.45) is 1.48. The number of hydrogen-bond donors (Lipinski definition) is 0. The fourth-order valence-electron chi connectivity index (χ4n) is 4.78. The first-order valence-electron chi connectivity index (χ1n) is 11.3. The maximum atomic E-state index is 13.2. The standard InChI is InChI=1S/C22H34N4O4S/c1-18-5-6-19(2)21(16-18)23-8-10-24(11-9-23)22(27)20-4-3-7-26(17-20)31(28,29)25-12-14-30-15-13-25/h5-6,16,20H,3-4,7-15,17H2,1-2H3/t20-/m0/s1. The zero-order valence-electron chi connectivity index (χ0n) is 18.6. The van der Waals surface area contributed by atoms with E-state index < -0.39 is 10.2 Å². The summed E-state index contributed by atoms with van der Waals surface area (Å²) in [5.41, 5.74) is 3.73.